The molecular formula is C15H24F2N4O2. The molecule has 1 aromatic rings. The molecule has 1 unspecified atom stereocenters. The van der Waals surface area contributed by atoms with E-state index in [0.717, 1.165) is 6.42 Å². The number of imidazole rings is 1. The Balaban J connectivity index is 1.93. The molecule has 2 heterocycles. The highest BCUT2D eigenvalue weighted by Crippen LogP contribution is 2.22. The highest BCUT2D eigenvalue weighted by Gasteiger charge is 2.25. The lowest BCUT2D eigenvalue weighted by Gasteiger charge is -2.18. The number of nitrogens with zero attached hydrogens (tertiary/aromatic N) is 3. The quantitative estimate of drug-likeness (QED) is 0.805. The van der Waals surface area contributed by atoms with Crippen molar-refractivity contribution in [2.45, 2.75) is 39.3 Å². The van der Waals surface area contributed by atoms with Gasteiger partial charge in [0.05, 0.1) is 24.6 Å². The number of alkyl halides is 2. The Morgan fingerprint density at radius 2 is 2.26 bits per heavy atom. The topological polar surface area (TPSA) is 70.4 Å². The number of carbonyl (C=O) groups is 1. The van der Waals surface area contributed by atoms with Crippen LogP contribution >= 0.6 is 0 Å². The number of hydrogen-bond donors (Lipinski definition) is 2. The van der Waals surface area contributed by atoms with Crippen LogP contribution in [0.1, 0.15) is 32.0 Å². The maximum atomic E-state index is 12.4. The van der Waals surface area contributed by atoms with Crippen LogP contribution in [0.15, 0.2) is 12.5 Å². The maximum Gasteiger partial charge on any atom is 0.405 e. The number of rotatable bonds is 7. The summed E-state index contributed by atoms with van der Waals surface area (Å²) >= 11 is 0. The Bertz CT molecular complexity index is 521. The van der Waals surface area contributed by atoms with Crippen molar-refractivity contribution < 1.29 is 18.7 Å². The van der Waals surface area contributed by atoms with Crippen LogP contribution in [-0.4, -0.2) is 51.7 Å². The van der Waals surface area contributed by atoms with E-state index in [4.69, 9.17) is 5.11 Å². The smallest absolute Gasteiger partial charge is 0.405 e. The maximum absolute atomic E-state index is 12.4. The Morgan fingerprint density at radius 3 is 2.87 bits per heavy atom. The van der Waals surface area contributed by atoms with E-state index < -0.39 is 12.5 Å². The monoisotopic (exact) mass is 330 g/mol. The van der Waals surface area contributed by atoms with Gasteiger partial charge in [0, 0.05) is 19.3 Å². The molecule has 2 N–H and O–H groups in total. The van der Waals surface area contributed by atoms with E-state index in [1.807, 2.05) is 24.6 Å². The van der Waals surface area contributed by atoms with E-state index in [9.17, 15) is 13.6 Å². The summed E-state index contributed by atoms with van der Waals surface area (Å²) in [5.41, 5.74) is 0.685. The van der Waals surface area contributed by atoms with Crippen molar-refractivity contribution in [3.8, 4) is 0 Å². The summed E-state index contributed by atoms with van der Waals surface area (Å²) in [4.78, 5) is 17.0. The fourth-order valence-electron chi connectivity index (χ4n) is 3.07. The summed E-state index contributed by atoms with van der Waals surface area (Å²) in [6.45, 7) is 5.77. The van der Waals surface area contributed by atoms with Crippen molar-refractivity contribution in [3.63, 3.8) is 0 Å². The Morgan fingerprint density at radius 1 is 1.52 bits per heavy atom. The van der Waals surface area contributed by atoms with Gasteiger partial charge in [-0.1, -0.05) is 13.8 Å². The molecule has 0 aromatic carbocycles. The van der Waals surface area contributed by atoms with E-state index in [-0.39, 0.29) is 18.5 Å². The summed E-state index contributed by atoms with van der Waals surface area (Å²) in [5, 5.41) is 11.4. The highest BCUT2D eigenvalue weighted by atomic mass is 19.3. The molecule has 1 aliphatic heterocycles. The molecule has 0 saturated carbocycles. The third-order valence-corrected chi connectivity index (χ3v) is 4.15. The SMILES string of the molecule is CC(C)C(NC(=O)O)c1cn(C[C@H]2CCN(CC(F)F)C2)cn1. The Hall–Kier alpha value is -1.70. The number of nitrogens with one attached hydrogen (secondary N) is 1. The first-order valence-corrected chi connectivity index (χ1v) is 7.86. The van der Waals surface area contributed by atoms with Gasteiger partial charge in [-0.3, -0.25) is 4.90 Å². The minimum Gasteiger partial charge on any atom is -0.465 e. The van der Waals surface area contributed by atoms with Gasteiger partial charge in [-0.15, -0.1) is 0 Å². The number of amides is 1. The standard InChI is InChI=1S/C15H24F2N4O2/c1-10(2)14(19-15(22)23)12-7-21(9-18-12)6-11-3-4-20(5-11)8-13(16)17/h7,9-11,13-14,19H,3-6,8H2,1-2H3,(H,22,23)/t11-,14?/m0/s1. The van der Waals surface area contributed by atoms with Crippen LogP contribution in [-0.2, 0) is 6.54 Å². The van der Waals surface area contributed by atoms with Crippen molar-refractivity contribution in [2.75, 3.05) is 19.6 Å². The van der Waals surface area contributed by atoms with E-state index in [1.54, 1.807) is 11.2 Å². The minimum atomic E-state index is -2.29. The van der Waals surface area contributed by atoms with E-state index in [2.05, 4.69) is 10.3 Å². The number of carboxylic acid groups (broad SMARTS) is 1. The van der Waals surface area contributed by atoms with Crippen molar-refractivity contribution in [1.82, 2.24) is 19.8 Å². The normalized spacial score (nSPS) is 20.3. The molecular weight excluding hydrogens is 306 g/mol. The summed E-state index contributed by atoms with van der Waals surface area (Å²) in [6, 6.07) is -0.354. The number of hydrogen-bond acceptors (Lipinski definition) is 3. The van der Waals surface area contributed by atoms with Gasteiger partial charge in [0.2, 0.25) is 0 Å². The van der Waals surface area contributed by atoms with Crippen LogP contribution in [0, 0.1) is 11.8 Å². The van der Waals surface area contributed by atoms with Crippen LogP contribution in [0.5, 0.6) is 0 Å². The van der Waals surface area contributed by atoms with Gasteiger partial charge in [-0.25, -0.2) is 18.6 Å². The number of likely N-dealkylation sites (tertiary alicyclic amines) is 1. The fraction of sp³-hybridized carbons (Fsp3) is 0.733. The first-order valence-electron chi connectivity index (χ1n) is 7.86. The molecule has 2 atom stereocenters. The molecule has 0 spiro atoms. The van der Waals surface area contributed by atoms with Crippen LogP contribution in [0.4, 0.5) is 13.6 Å². The molecule has 23 heavy (non-hydrogen) atoms. The summed E-state index contributed by atoms with van der Waals surface area (Å²) < 4.78 is 26.7. The second kappa shape index (κ2) is 7.72. The Labute approximate surface area is 134 Å². The van der Waals surface area contributed by atoms with Gasteiger partial charge in [0.1, 0.15) is 0 Å². The largest absolute Gasteiger partial charge is 0.465 e. The van der Waals surface area contributed by atoms with Crippen molar-refractivity contribution in [3.05, 3.63) is 18.2 Å². The molecule has 0 bridgehead atoms. The molecule has 1 fully saturated rings. The summed E-state index contributed by atoms with van der Waals surface area (Å²) in [7, 11) is 0. The van der Waals surface area contributed by atoms with Crippen molar-refractivity contribution >= 4 is 6.09 Å². The first kappa shape index (κ1) is 17.7. The third-order valence-electron chi connectivity index (χ3n) is 4.15. The summed E-state index contributed by atoms with van der Waals surface area (Å²) in [5.74, 6) is 0.406. The number of halogens is 2. The molecule has 1 saturated heterocycles. The first-order chi connectivity index (χ1) is 10.8. The Kier molecular flexibility index (Phi) is 5.92. The van der Waals surface area contributed by atoms with Crippen molar-refractivity contribution in [2.24, 2.45) is 11.8 Å². The lowest BCUT2D eigenvalue weighted by molar-refractivity contribution is 0.0975. The zero-order valence-electron chi connectivity index (χ0n) is 13.5. The highest BCUT2D eigenvalue weighted by molar-refractivity contribution is 5.65. The minimum absolute atomic E-state index is 0.0856. The average Bonchev–Trinajstić information content (AvgIpc) is 3.05. The van der Waals surface area contributed by atoms with Gasteiger partial charge in [-0.05, 0) is 24.8 Å². The zero-order chi connectivity index (χ0) is 17.0. The lowest BCUT2D eigenvalue weighted by atomic mass is 10.0. The molecule has 6 nitrogen and oxygen atoms in total. The molecule has 1 aromatic heterocycles. The average molecular weight is 330 g/mol. The molecule has 130 valence electrons. The van der Waals surface area contributed by atoms with Crippen molar-refractivity contribution in [1.29, 1.82) is 0 Å². The molecule has 8 heteroatoms. The van der Waals surface area contributed by atoms with Gasteiger partial charge in [-0.2, -0.15) is 0 Å². The number of aromatic nitrogens is 2. The van der Waals surface area contributed by atoms with Crippen LogP contribution in [0.25, 0.3) is 0 Å². The fourth-order valence-corrected chi connectivity index (χ4v) is 3.07. The van der Waals surface area contributed by atoms with E-state index in [1.165, 1.54) is 0 Å². The lowest BCUT2D eigenvalue weighted by Crippen LogP contribution is -2.30. The predicted octanol–water partition coefficient (Wildman–Crippen LogP) is 2.43. The molecule has 2 rings (SSSR count). The van der Waals surface area contributed by atoms with Gasteiger partial charge < -0.3 is 15.0 Å². The van der Waals surface area contributed by atoms with Crippen LogP contribution < -0.4 is 5.32 Å². The van der Waals surface area contributed by atoms with Gasteiger partial charge in [0.15, 0.2) is 0 Å². The second-order valence-corrected chi connectivity index (χ2v) is 6.47. The molecule has 1 amide bonds. The molecule has 0 radical (unpaired) electrons. The zero-order valence-corrected chi connectivity index (χ0v) is 13.5. The van der Waals surface area contributed by atoms with E-state index in [0.29, 0.717) is 31.2 Å². The molecule has 1 aliphatic rings. The predicted molar refractivity (Wildman–Crippen MR) is 81.5 cm³/mol. The van der Waals surface area contributed by atoms with Crippen LogP contribution in [0.2, 0.25) is 0 Å². The van der Waals surface area contributed by atoms with E-state index >= 15 is 0 Å². The van der Waals surface area contributed by atoms with Gasteiger partial charge in [0.25, 0.3) is 6.43 Å². The summed E-state index contributed by atoms with van der Waals surface area (Å²) in [6.07, 6.45) is 1.06. The third kappa shape index (κ3) is 5.16. The van der Waals surface area contributed by atoms with Crippen LogP contribution in [0.3, 0.4) is 0 Å². The van der Waals surface area contributed by atoms with Gasteiger partial charge >= 0.3 is 6.09 Å². The molecule has 0 aliphatic carbocycles. The second-order valence-electron chi connectivity index (χ2n) is 6.47.